The summed E-state index contributed by atoms with van der Waals surface area (Å²) in [6.45, 7) is 11.9. The van der Waals surface area contributed by atoms with Crippen molar-refractivity contribution in [1.82, 2.24) is 15.1 Å². The van der Waals surface area contributed by atoms with E-state index in [-0.39, 0.29) is 18.0 Å². The van der Waals surface area contributed by atoms with E-state index in [1.54, 1.807) is 4.90 Å². The number of amides is 2. The molecular formula is C16H31N3O2. The molecule has 5 nitrogen and oxygen atoms in total. The largest absolute Gasteiger partial charge is 0.348 e. The van der Waals surface area contributed by atoms with Crippen molar-refractivity contribution in [3.63, 3.8) is 0 Å². The number of hydrogen-bond donors (Lipinski definition) is 1. The van der Waals surface area contributed by atoms with Gasteiger partial charge in [0.2, 0.25) is 0 Å². The molecular weight excluding hydrogens is 266 g/mol. The summed E-state index contributed by atoms with van der Waals surface area (Å²) in [5, 5.41) is 2.77. The van der Waals surface area contributed by atoms with Crippen LogP contribution in [0.1, 0.15) is 53.4 Å². The summed E-state index contributed by atoms with van der Waals surface area (Å²) < 4.78 is 0. The van der Waals surface area contributed by atoms with Gasteiger partial charge in [-0.15, -0.1) is 0 Å². The lowest BCUT2D eigenvalue weighted by molar-refractivity contribution is -0.150. The molecule has 0 aliphatic carbocycles. The second-order valence-corrected chi connectivity index (χ2v) is 5.98. The molecule has 0 saturated carbocycles. The van der Waals surface area contributed by atoms with Crippen molar-refractivity contribution in [2.45, 2.75) is 65.5 Å². The Balaban J connectivity index is 2.35. The van der Waals surface area contributed by atoms with Crippen LogP contribution in [0.4, 0.5) is 0 Å². The van der Waals surface area contributed by atoms with Gasteiger partial charge in [0, 0.05) is 18.6 Å². The summed E-state index contributed by atoms with van der Waals surface area (Å²) in [6.07, 6.45) is 4.00. The number of carbonyl (C=O) groups is 2. The van der Waals surface area contributed by atoms with Crippen LogP contribution in [0, 0.1) is 0 Å². The molecule has 2 atom stereocenters. The fourth-order valence-electron chi connectivity index (χ4n) is 3.06. The van der Waals surface area contributed by atoms with E-state index in [0.29, 0.717) is 6.54 Å². The summed E-state index contributed by atoms with van der Waals surface area (Å²) in [6, 6.07) is 0.338. The zero-order valence-corrected chi connectivity index (χ0v) is 14.0. The van der Waals surface area contributed by atoms with Crippen molar-refractivity contribution in [2.75, 3.05) is 26.2 Å². The highest BCUT2D eigenvalue weighted by molar-refractivity contribution is 6.35. The first-order chi connectivity index (χ1) is 10.0. The van der Waals surface area contributed by atoms with E-state index >= 15 is 0 Å². The molecule has 0 aromatic rings. The minimum absolute atomic E-state index is 0.169. The molecule has 1 saturated heterocycles. The molecule has 0 bridgehead atoms. The van der Waals surface area contributed by atoms with Crippen LogP contribution >= 0.6 is 0 Å². The van der Waals surface area contributed by atoms with Crippen molar-refractivity contribution in [3.05, 3.63) is 0 Å². The number of rotatable bonds is 6. The van der Waals surface area contributed by atoms with Crippen LogP contribution in [-0.4, -0.2) is 59.9 Å². The topological polar surface area (TPSA) is 52.7 Å². The Morgan fingerprint density at radius 1 is 1.14 bits per heavy atom. The van der Waals surface area contributed by atoms with E-state index in [1.165, 1.54) is 0 Å². The molecule has 1 rings (SSSR count). The number of likely N-dealkylation sites (tertiary alicyclic amines) is 1. The third-order valence-corrected chi connectivity index (χ3v) is 4.45. The van der Waals surface area contributed by atoms with Crippen molar-refractivity contribution in [1.29, 1.82) is 0 Å². The number of nitrogens with zero attached hydrogens (tertiary/aromatic N) is 2. The molecule has 2 unspecified atom stereocenters. The summed E-state index contributed by atoms with van der Waals surface area (Å²) >= 11 is 0. The fourth-order valence-corrected chi connectivity index (χ4v) is 3.06. The van der Waals surface area contributed by atoms with Gasteiger partial charge in [-0.1, -0.05) is 13.8 Å². The van der Waals surface area contributed by atoms with Gasteiger partial charge in [-0.05, 0) is 59.2 Å². The maximum absolute atomic E-state index is 12.3. The average Bonchev–Trinajstić information content (AvgIpc) is 2.46. The Morgan fingerprint density at radius 2 is 1.71 bits per heavy atom. The molecule has 0 radical (unpaired) electrons. The van der Waals surface area contributed by atoms with Crippen LogP contribution in [0.5, 0.6) is 0 Å². The standard InChI is InChI=1S/C16H31N3O2/c1-5-18(6-2)12-8-11-17-15(20)16(21)19-13(3)9-7-10-14(19)4/h13-14H,5-12H2,1-4H3,(H,17,20). The van der Waals surface area contributed by atoms with Gasteiger partial charge in [-0.3, -0.25) is 9.59 Å². The lowest BCUT2D eigenvalue weighted by Gasteiger charge is -2.38. The second kappa shape index (κ2) is 9.03. The normalized spacial score (nSPS) is 22.4. The van der Waals surface area contributed by atoms with E-state index in [2.05, 4.69) is 24.1 Å². The molecule has 0 spiro atoms. The maximum atomic E-state index is 12.3. The number of nitrogens with one attached hydrogen (secondary N) is 1. The highest BCUT2D eigenvalue weighted by atomic mass is 16.2. The molecule has 0 aromatic heterocycles. The lowest BCUT2D eigenvalue weighted by Crippen LogP contribution is -2.53. The molecule has 2 amide bonds. The smallest absolute Gasteiger partial charge is 0.312 e. The summed E-state index contributed by atoms with van der Waals surface area (Å²) in [5.74, 6) is -0.812. The van der Waals surface area contributed by atoms with Crippen LogP contribution in [0.2, 0.25) is 0 Å². The van der Waals surface area contributed by atoms with E-state index in [0.717, 1.165) is 45.3 Å². The lowest BCUT2D eigenvalue weighted by atomic mass is 9.97. The summed E-state index contributed by atoms with van der Waals surface area (Å²) in [7, 11) is 0. The zero-order valence-electron chi connectivity index (χ0n) is 14.0. The van der Waals surface area contributed by atoms with Crippen LogP contribution < -0.4 is 5.32 Å². The van der Waals surface area contributed by atoms with Crippen molar-refractivity contribution in [3.8, 4) is 0 Å². The second-order valence-electron chi connectivity index (χ2n) is 5.98. The van der Waals surface area contributed by atoms with E-state index in [4.69, 9.17) is 0 Å². The minimum Gasteiger partial charge on any atom is -0.348 e. The predicted molar refractivity (Wildman–Crippen MR) is 85.0 cm³/mol. The van der Waals surface area contributed by atoms with Gasteiger partial charge in [0.25, 0.3) is 0 Å². The molecule has 1 heterocycles. The average molecular weight is 297 g/mol. The first-order valence-corrected chi connectivity index (χ1v) is 8.34. The van der Waals surface area contributed by atoms with Crippen LogP contribution in [-0.2, 0) is 9.59 Å². The van der Waals surface area contributed by atoms with Crippen LogP contribution in [0.3, 0.4) is 0 Å². The molecule has 21 heavy (non-hydrogen) atoms. The van der Waals surface area contributed by atoms with Gasteiger partial charge in [0.05, 0.1) is 0 Å². The Morgan fingerprint density at radius 3 is 2.24 bits per heavy atom. The SMILES string of the molecule is CCN(CC)CCCNC(=O)C(=O)N1C(C)CCCC1C. The van der Waals surface area contributed by atoms with Gasteiger partial charge in [-0.2, -0.15) is 0 Å². The molecule has 0 aromatic carbocycles. The Kier molecular flexibility index (Phi) is 7.72. The predicted octanol–water partition coefficient (Wildman–Crippen LogP) is 1.62. The first-order valence-electron chi connectivity index (χ1n) is 8.34. The van der Waals surface area contributed by atoms with Crippen LogP contribution in [0.25, 0.3) is 0 Å². The fraction of sp³-hybridized carbons (Fsp3) is 0.875. The Hall–Kier alpha value is -1.10. The number of piperidine rings is 1. The van der Waals surface area contributed by atoms with Gasteiger partial charge in [0.15, 0.2) is 0 Å². The molecule has 5 heteroatoms. The maximum Gasteiger partial charge on any atom is 0.312 e. The molecule has 1 aliphatic rings. The van der Waals surface area contributed by atoms with E-state index in [1.807, 2.05) is 13.8 Å². The van der Waals surface area contributed by atoms with Crippen molar-refractivity contribution >= 4 is 11.8 Å². The quantitative estimate of drug-likeness (QED) is 0.599. The first kappa shape index (κ1) is 18.0. The molecule has 1 aliphatic heterocycles. The highest BCUT2D eigenvalue weighted by Gasteiger charge is 2.32. The van der Waals surface area contributed by atoms with Crippen molar-refractivity contribution in [2.24, 2.45) is 0 Å². The van der Waals surface area contributed by atoms with Gasteiger partial charge < -0.3 is 15.1 Å². The van der Waals surface area contributed by atoms with Gasteiger partial charge >= 0.3 is 11.8 Å². The minimum atomic E-state index is -0.449. The Bertz CT molecular complexity index is 332. The zero-order chi connectivity index (χ0) is 15.8. The third-order valence-electron chi connectivity index (χ3n) is 4.45. The third kappa shape index (κ3) is 5.30. The highest BCUT2D eigenvalue weighted by Crippen LogP contribution is 2.22. The van der Waals surface area contributed by atoms with Crippen molar-refractivity contribution < 1.29 is 9.59 Å². The summed E-state index contributed by atoms with van der Waals surface area (Å²) in [5.41, 5.74) is 0. The molecule has 122 valence electrons. The van der Waals surface area contributed by atoms with E-state index < -0.39 is 5.91 Å². The van der Waals surface area contributed by atoms with Gasteiger partial charge in [-0.25, -0.2) is 0 Å². The van der Waals surface area contributed by atoms with Gasteiger partial charge in [0.1, 0.15) is 0 Å². The summed E-state index contributed by atoms with van der Waals surface area (Å²) in [4.78, 5) is 28.3. The Labute approximate surface area is 129 Å². The molecule has 1 fully saturated rings. The molecule has 1 N–H and O–H groups in total. The number of carbonyl (C=O) groups excluding carboxylic acids is 2. The van der Waals surface area contributed by atoms with E-state index in [9.17, 15) is 9.59 Å². The monoisotopic (exact) mass is 297 g/mol. The number of hydrogen-bond acceptors (Lipinski definition) is 3. The van der Waals surface area contributed by atoms with Crippen LogP contribution in [0.15, 0.2) is 0 Å².